The fourth-order valence-electron chi connectivity index (χ4n) is 4.40. The fourth-order valence-corrected chi connectivity index (χ4v) is 4.40. The van der Waals surface area contributed by atoms with Crippen LogP contribution >= 0.6 is 0 Å². The van der Waals surface area contributed by atoms with E-state index in [0.717, 1.165) is 38.5 Å². The Balaban J connectivity index is 3.71. The first-order chi connectivity index (χ1) is 18.2. The topological polar surface area (TPSA) is 69.6 Å². The lowest BCUT2D eigenvalue weighted by Gasteiger charge is -2.20. The summed E-state index contributed by atoms with van der Waals surface area (Å²) in [6, 6.07) is -0.624. The van der Waals surface area contributed by atoms with Gasteiger partial charge >= 0.3 is 0 Å². The van der Waals surface area contributed by atoms with Gasteiger partial charge in [0, 0.05) is 6.42 Å². The van der Waals surface area contributed by atoms with Gasteiger partial charge < -0.3 is 15.5 Å². The summed E-state index contributed by atoms with van der Waals surface area (Å²) in [5, 5.41) is 22.7. The quantitative estimate of drug-likeness (QED) is 0.0577. The molecule has 0 fully saturated rings. The number of carbonyl (C=O) groups excluding carboxylic acids is 1. The van der Waals surface area contributed by atoms with Crippen molar-refractivity contribution >= 4 is 5.91 Å². The van der Waals surface area contributed by atoms with Crippen molar-refractivity contribution in [1.29, 1.82) is 0 Å². The van der Waals surface area contributed by atoms with E-state index in [1.807, 2.05) is 6.08 Å². The molecule has 4 nitrogen and oxygen atoms in total. The Morgan fingerprint density at radius 1 is 0.649 bits per heavy atom. The van der Waals surface area contributed by atoms with Crippen LogP contribution in [0.15, 0.2) is 36.5 Å². The SMILES string of the molecule is CCCCC/C=C\C=C/CCCCCCCCC(=O)NC(CO)C(O)/C=C/CCCCCCCCCC. The number of hydrogen-bond acceptors (Lipinski definition) is 3. The van der Waals surface area contributed by atoms with Crippen molar-refractivity contribution in [3.63, 3.8) is 0 Å². The Morgan fingerprint density at radius 2 is 1.08 bits per heavy atom. The van der Waals surface area contributed by atoms with Crippen molar-refractivity contribution in [2.24, 2.45) is 0 Å². The Hall–Kier alpha value is -1.39. The van der Waals surface area contributed by atoms with Crippen LogP contribution in [0, 0.1) is 0 Å². The number of aliphatic hydroxyl groups is 2. The molecule has 0 aliphatic heterocycles. The summed E-state index contributed by atoms with van der Waals surface area (Å²) in [7, 11) is 0. The van der Waals surface area contributed by atoms with Gasteiger partial charge in [0.2, 0.25) is 5.91 Å². The van der Waals surface area contributed by atoms with E-state index < -0.39 is 12.1 Å². The molecule has 0 bridgehead atoms. The highest BCUT2D eigenvalue weighted by molar-refractivity contribution is 5.76. The van der Waals surface area contributed by atoms with Crippen LogP contribution in [0.2, 0.25) is 0 Å². The van der Waals surface area contributed by atoms with Gasteiger partial charge in [0.1, 0.15) is 0 Å². The van der Waals surface area contributed by atoms with E-state index in [1.54, 1.807) is 6.08 Å². The zero-order chi connectivity index (χ0) is 27.2. The Morgan fingerprint density at radius 3 is 1.62 bits per heavy atom. The molecule has 0 rings (SSSR count). The van der Waals surface area contributed by atoms with E-state index in [-0.39, 0.29) is 12.5 Å². The molecule has 0 aliphatic carbocycles. The molecule has 0 aliphatic rings. The molecule has 0 aromatic heterocycles. The van der Waals surface area contributed by atoms with E-state index >= 15 is 0 Å². The molecule has 2 unspecified atom stereocenters. The smallest absolute Gasteiger partial charge is 0.220 e. The number of rotatable bonds is 27. The number of aliphatic hydroxyl groups excluding tert-OH is 2. The third kappa shape index (κ3) is 26.0. The minimum atomic E-state index is -0.839. The summed E-state index contributed by atoms with van der Waals surface area (Å²) >= 11 is 0. The molecule has 4 heteroatoms. The molecule has 0 spiro atoms. The van der Waals surface area contributed by atoms with Gasteiger partial charge in [-0.3, -0.25) is 4.79 Å². The molecule has 1 amide bonds. The highest BCUT2D eigenvalue weighted by Gasteiger charge is 2.17. The van der Waals surface area contributed by atoms with Crippen LogP contribution in [0.4, 0.5) is 0 Å². The zero-order valence-corrected chi connectivity index (χ0v) is 24.5. The minimum absolute atomic E-state index is 0.0811. The average molecular weight is 520 g/mol. The van der Waals surface area contributed by atoms with Gasteiger partial charge in [0.25, 0.3) is 0 Å². The number of nitrogens with one attached hydrogen (secondary N) is 1. The molecular formula is C33H61NO3. The molecule has 2 atom stereocenters. The van der Waals surface area contributed by atoms with Crippen molar-refractivity contribution in [1.82, 2.24) is 5.32 Å². The fraction of sp³-hybridized carbons (Fsp3) is 0.788. The van der Waals surface area contributed by atoms with Crippen molar-refractivity contribution in [2.45, 2.75) is 161 Å². The van der Waals surface area contributed by atoms with Crippen LogP contribution in [0.25, 0.3) is 0 Å². The van der Waals surface area contributed by atoms with Gasteiger partial charge in [-0.15, -0.1) is 0 Å². The van der Waals surface area contributed by atoms with Crippen LogP contribution in [-0.4, -0.2) is 34.9 Å². The van der Waals surface area contributed by atoms with E-state index in [1.165, 1.54) is 89.9 Å². The molecular weight excluding hydrogens is 458 g/mol. The first-order valence-corrected chi connectivity index (χ1v) is 15.7. The number of carbonyl (C=O) groups is 1. The maximum Gasteiger partial charge on any atom is 0.220 e. The first-order valence-electron chi connectivity index (χ1n) is 15.7. The highest BCUT2D eigenvalue weighted by Crippen LogP contribution is 2.11. The monoisotopic (exact) mass is 519 g/mol. The van der Waals surface area contributed by atoms with Gasteiger partial charge in [-0.2, -0.15) is 0 Å². The second-order valence-corrected chi connectivity index (χ2v) is 10.6. The molecule has 0 saturated carbocycles. The van der Waals surface area contributed by atoms with E-state index in [2.05, 4.69) is 43.5 Å². The Bertz CT molecular complexity index is 570. The lowest BCUT2D eigenvalue weighted by atomic mass is 10.1. The summed E-state index contributed by atoms with van der Waals surface area (Å²) < 4.78 is 0. The molecule has 0 saturated heterocycles. The second kappa shape index (κ2) is 29.2. The van der Waals surface area contributed by atoms with Gasteiger partial charge in [0.05, 0.1) is 18.8 Å². The van der Waals surface area contributed by atoms with Crippen LogP contribution in [0.1, 0.15) is 149 Å². The lowest BCUT2D eigenvalue weighted by Crippen LogP contribution is -2.45. The van der Waals surface area contributed by atoms with Gasteiger partial charge in [-0.25, -0.2) is 0 Å². The highest BCUT2D eigenvalue weighted by atomic mass is 16.3. The van der Waals surface area contributed by atoms with Crippen LogP contribution < -0.4 is 5.32 Å². The van der Waals surface area contributed by atoms with Gasteiger partial charge in [0.15, 0.2) is 0 Å². The second-order valence-electron chi connectivity index (χ2n) is 10.6. The van der Waals surface area contributed by atoms with Crippen molar-refractivity contribution in [2.75, 3.05) is 6.61 Å². The van der Waals surface area contributed by atoms with Gasteiger partial charge in [-0.1, -0.05) is 134 Å². The van der Waals surface area contributed by atoms with Crippen LogP contribution in [0.3, 0.4) is 0 Å². The maximum absolute atomic E-state index is 12.2. The minimum Gasteiger partial charge on any atom is -0.394 e. The van der Waals surface area contributed by atoms with Crippen molar-refractivity contribution in [3.8, 4) is 0 Å². The summed E-state index contributed by atoms with van der Waals surface area (Å²) in [6.45, 7) is 4.23. The van der Waals surface area contributed by atoms with Crippen molar-refractivity contribution < 1.29 is 15.0 Å². The molecule has 37 heavy (non-hydrogen) atoms. The normalized spacial score (nSPS) is 13.7. The summed E-state index contributed by atoms with van der Waals surface area (Å²) in [5.41, 5.74) is 0. The predicted molar refractivity (Wildman–Crippen MR) is 161 cm³/mol. The Kier molecular flexibility index (Phi) is 28.1. The van der Waals surface area contributed by atoms with E-state index in [0.29, 0.717) is 6.42 Å². The van der Waals surface area contributed by atoms with E-state index in [9.17, 15) is 15.0 Å². The number of allylic oxidation sites excluding steroid dienone is 5. The van der Waals surface area contributed by atoms with E-state index in [4.69, 9.17) is 0 Å². The third-order valence-electron chi connectivity index (χ3n) is 6.90. The summed E-state index contributed by atoms with van der Waals surface area (Å²) in [4.78, 5) is 12.2. The van der Waals surface area contributed by atoms with Crippen LogP contribution in [0.5, 0.6) is 0 Å². The number of unbranched alkanes of at least 4 members (excludes halogenated alkanes) is 17. The molecule has 3 N–H and O–H groups in total. The zero-order valence-electron chi connectivity index (χ0n) is 24.5. The molecule has 0 heterocycles. The standard InChI is InChI=1S/C33H61NO3/c1-3-5-7-9-11-13-15-16-17-18-19-21-23-25-27-29-33(37)34-31(30-35)32(36)28-26-24-22-20-14-12-10-8-6-4-2/h11,13,15-16,26,28,31-32,35-36H,3-10,12,14,17-25,27,29-30H2,1-2H3,(H,34,37)/b13-11-,16-15-,28-26+. The maximum atomic E-state index is 12.2. The predicted octanol–water partition coefficient (Wildman–Crippen LogP) is 8.72. The Labute approximate surface area is 230 Å². The summed E-state index contributed by atoms with van der Waals surface area (Å²) in [5.74, 6) is -0.0811. The largest absolute Gasteiger partial charge is 0.394 e. The molecule has 0 radical (unpaired) electrons. The number of amides is 1. The third-order valence-corrected chi connectivity index (χ3v) is 6.90. The first kappa shape index (κ1) is 35.6. The van der Waals surface area contributed by atoms with Crippen molar-refractivity contribution in [3.05, 3.63) is 36.5 Å². The molecule has 0 aromatic carbocycles. The lowest BCUT2D eigenvalue weighted by molar-refractivity contribution is -0.123. The average Bonchev–Trinajstić information content (AvgIpc) is 2.90. The summed E-state index contributed by atoms with van der Waals surface area (Å²) in [6.07, 6.45) is 36.4. The van der Waals surface area contributed by atoms with Crippen LogP contribution in [-0.2, 0) is 4.79 Å². The molecule has 216 valence electrons. The van der Waals surface area contributed by atoms with Gasteiger partial charge in [-0.05, 0) is 44.9 Å². The number of hydrogen-bond donors (Lipinski definition) is 3. The molecule has 0 aromatic rings.